The normalized spacial score (nSPS) is 14.3. The summed E-state index contributed by atoms with van der Waals surface area (Å²) in [5.41, 5.74) is 15.9. The molecule has 0 aliphatic heterocycles. The highest BCUT2D eigenvalue weighted by molar-refractivity contribution is 5.94. The van der Waals surface area contributed by atoms with E-state index in [-0.39, 0.29) is 37.7 Å². The number of carboxylic acids is 2. The first-order chi connectivity index (χ1) is 15.8. The molecule has 4 atom stereocenters. The smallest absolute Gasteiger partial charge is 0.326 e. The quantitative estimate of drug-likeness (QED) is 0.0580. The summed E-state index contributed by atoms with van der Waals surface area (Å²) in [6.07, 6.45) is -0.314. The molecule has 0 aromatic carbocycles. The molecule has 12 N–H and O–H groups in total. The van der Waals surface area contributed by atoms with Crippen molar-refractivity contribution in [3.05, 3.63) is 0 Å². The van der Waals surface area contributed by atoms with Crippen molar-refractivity contribution < 1.29 is 39.3 Å². The number of rotatable bonds is 16. The molecule has 0 spiro atoms. The number of aliphatic hydroxyl groups is 1. The topological polar surface area (TPSA) is 273 Å². The lowest BCUT2D eigenvalue weighted by Crippen LogP contribution is -2.58. The van der Waals surface area contributed by atoms with Crippen molar-refractivity contribution in [2.45, 2.75) is 63.7 Å². The van der Waals surface area contributed by atoms with Gasteiger partial charge in [0.25, 0.3) is 0 Å². The summed E-state index contributed by atoms with van der Waals surface area (Å²) in [5.74, 6) is -5.55. The first kappa shape index (κ1) is 30.5. The second-order valence-electron chi connectivity index (χ2n) is 7.99. The highest BCUT2D eigenvalue weighted by Crippen LogP contribution is 2.07. The summed E-state index contributed by atoms with van der Waals surface area (Å²) >= 11 is 0. The molecule has 0 fully saturated rings. The maximum absolute atomic E-state index is 12.8. The number of carboxylic acid groups (broad SMARTS) is 2. The van der Waals surface area contributed by atoms with Crippen LogP contribution in [0.25, 0.3) is 0 Å². The van der Waals surface area contributed by atoms with Crippen molar-refractivity contribution in [3.8, 4) is 0 Å². The average Bonchev–Trinajstić information content (AvgIpc) is 2.71. The highest BCUT2D eigenvalue weighted by Gasteiger charge is 2.30. The monoisotopic (exact) mass is 489 g/mol. The number of aliphatic carboxylic acids is 2. The van der Waals surface area contributed by atoms with E-state index >= 15 is 0 Å². The van der Waals surface area contributed by atoms with Gasteiger partial charge in [0.15, 0.2) is 5.96 Å². The molecule has 3 amide bonds. The Balaban J connectivity index is 5.42. The van der Waals surface area contributed by atoms with E-state index in [1.807, 2.05) is 0 Å². The largest absolute Gasteiger partial charge is 0.481 e. The Kier molecular flexibility index (Phi) is 13.8. The van der Waals surface area contributed by atoms with Crippen LogP contribution in [0.4, 0.5) is 0 Å². The molecule has 0 heterocycles. The van der Waals surface area contributed by atoms with E-state index in [1.165, 1.54) is 0 Å². The Morgan fingerprint density at radius 3 is 1.88 bits per heavy atom. The van der Waals surface area contributed by atoms with Crippen LogP contribution in [0, 0.1) is 5.92 Å². The van der Waals surface area contributed by atoms with Gasteiger partial charge < -0.3 is 48.5 Å². The molecular formula is C19H35N7O8. The van der Waals surface area contributed by atoms with Gasteiger partial charge in [0.1, 0.15) is 18.1 Å². The highest BCUT2D eigenvalue weighted by atomic mass is 16.4. The number of nitrogens with one attached hydrogen (secondary N) is 3. The fraction of sp³-hybridized carbons (Fsp3) is 0.684. The Bertz CT molecular complexity index is 755. The third-order valence-electron chi connectivity index (χ3n) is 4.45. The van der Waals surface area contributed by atoms with Crippen LogP contribution < -0.4 is 33.2 Å². The predicted octanol–water partition coefficient (Wildman–Crippen LogP) is -3.58. The lowest BCUT2D eigenvalue weighted by Gasteiger charge is -2.24. The van der Waals surface area contributed by atoms with Crippen molar-refractivity contribution in [2.75, 3.05) is 13.2 Å². The summed E-state index contributed by atoms with van der Waals surface area (Å²) < 4.78 is 0. The van der Waals surface area contributed by atoms with Gasteiger partial charge in [0.05, 0.1) is 19.1 Å². The lowest BCUT2D eigenvalue weighted by atomic mass is 10.0. The van der Waals surface area contributed by atoms with E-state index in [4.69, 9.17) is 22.3 Å². The standard InChI is InChI=1S/C19H35N7O8/c1-9(2)6-12(18(33)34)25-16(31)11(4-3-5-23-19(21)22)24-17(32)13(8-27)26-15(30)10(20)7-14(28)29/h9-13,27H,3-8,20H2,1-2H3,(H,24,32)(H,25,31)(H,26,30)(H,28,29)(H,33,34)(H4,21,22,23). The molecule has 15 nitrogen and oxygen atoms in total. The maximum Gasteiger partial charge on any atom is 0.326 e. The minimum Gasteiger partial charge on any atom is -0.481 e. The molecule has 0 rings (SSSR count). The first-order valence-electron chi connectivity index (χ1n) is 10.6. The molecule has 0 aliphatic carbocycles. The number of carbonyl (C=O) groups excluding carboxylic acids is 3. The molecule has 0 saturated heterocycles. The molecule has 4 unspecified atom stereocenters. The van der Waals surface area contributed by atoms with Crippen LogP contribution in [0.2, 0.25) is 0 Å². The van der Waals surface area contributed by atoms with Gasteiger partial charge in [0.2, 0.25) is 17.7 Å². The summed E-state index contributed by atoms with van der Waals surface area (Å²) in [5, 5.41) is 34.4. The Morgan fingerprint density at radius 1 is 0.882 bits per heavy atom. The summed E-state index contributed by atoms with van der Waals surface area (Å²) in [4.78, 5) is 63.3. The molecular weight excluding hydrogens is 454 g/mol. The van der Waals surface area contributed by atoms with E-state index in [2.05, 4.69) is 20.9 Å². The number of amides is 3. The molecule has 15 heteroatoms. The average molecular weight is 490 g/mol. The number of hydrogen-bond acceptors (Lipinski definition) is 8. The van der Waals surface area contributed by atoms with Crippen LogP contribution >= 0.6 is 0 Å². The van der Waals surface area contributed by atoms with Crippen molar-refractivity contribution in [2.24, 2.45) is 28.1 Å². The number of aliphatic imine (C=N–C) groups is 1. The van der Waals surface area contributed by atoms with Crippen LogP contribution in [0.3, 0.4) is 0 Å². The van der Waals surface area contributed by atoms with Crippen molar-refractivity contribution in [3.63, 3.8) is 0 Å². The number of nitrogens with zero attached hydrogens (tertiary/aromatic N) is 1. The summed E-state index contributed by atoms with van der Waals surface area (Å²) in [6.45, 7) is 2.81. The molecule has 0 aromatic rings. The number of carbonyl (C=O) groups is 5. The van der Waals surface area contributed by atoms with E-state index < -0.39 is 66.9 Å². The number of hydrogen-bond donors (Lipinski definition) is 9. The van der Waals surface area contributed by atoms with Gasteiger partial charge in [-0.05, 0) is 25.2 Å². The zero-order chi connectivity index (χ0) is 26.4. The summed E-state index contributed by atoms with van der Waals surface area (Å²) in [7, 11) is 0. The Labute approximate surface area is 196 Å². The molecule has 0 radical (unpaired) electrons. The predicted molar refractivity (Wildman–Crippen MR) is 120 cm³/mol. The van der Waals surface area contributed by atoms with E-state index in [0.717, 1.165) is 0 Å². The Hall–Kier alpha value is -3.46. The van der Waals surface area contributed by atoms with Crippen LogP contribution in [-0.4, -0.2) is 88.3 Å². The van der Waals surface area contributed by atoms with Gasteiger partial charge in [-0.25, -0.2) is 4.79 Å². The van der Waals surface area contributed by atoms with Crippen LogP contribution in [0.15, 0.2) is 4.99 Å². The second kappa shape index (κ2) is 15.4. The van der Waals surface area contributed by atoms with Gasteiger partial charge in [0, 0.05) is 6.54 Å². The Morgan fingerprint density at radius 2 is 1.41 bits per heavy atom. The fourth-order valence-corrected chi connectivity index (χ4v) is 2.76. The third-order valence-corrected chi connectivity index (χ3v) is 4.45. The molecule has 34 heavy (non-hydrogen) atoms. The zero-order valence-electron chi connectivity index (χ0n) is 19.2. The van der Waals surface area contributed by atoms with Crippen LogP contribution in [0.5, 0.6) is 0 Å². The number of nitrogens with two attached hydrogens (primary N) is 3. The van der Waals surface area contributed by atoms with Crippen molar-refractivity contribution in [1.82, 2.24) is 16.0 Å². The van der Waals surface area contributed by atoms with E-state index in [9.17, 15) is 34.2 Å². The maximum atomic E-state index is 12.8. The van der Waals surface area contributed by atoms with Crippen molar-refractivity contribution in [1.29, 1.82) is 0 Å². The van der Waals surface area contributed by atoms with Gasteiger partial charge in [-0.3, -0.25) is 24.2 Å². The second-order valence-corrected chi connectivity index (χ2v) is 7.99. The van der Waals surface area contributed by atoms with Crippen LogP contribution in [0.1, 0.15) is 39.5 Å². The minimum atomic E-state index is -1.54. The number of aliphatic hydroxyl groups excluding tert-OH is 1. The summed E-state index contributed by atoms with van der Waals surface area (Å²) in [6, 6.07) is -5.45. The first-order valence-corrected chi connectivity index (χ1v) is 10.6. The van der Waals surface area contributed by atoms with E-state index in [1.54, 1.807) is 13.8 Å². The fourth-order valence-electron chi connectivity index (χ4n) is 2.76. The van der Waals surface area contributed by atoms with Gasteiger partial charge >= 0.3 is 11.9 Å². The molecule has 0 bridgehead atoms. The zero-order valence-corrected chi connectivity index (χ0v) is 19.2. The van der Waals surface area contributed by atoms with Crippen molar-refractivity contribution >= 4 is 35.6 Å². The van der Waals surface area contributed by atoms with Gasteiger partial charge in [-0.1, -0.05) is 13.8 Å². The number of guanidine groups is 1. The third kappa shape index (κ3) is 12.5. The molecule has 194 valence electrons. The molecule has 0 aliphatic rings. The lowest BCUT2D eigenvalue weighted by molar-refractivity contribution is -0.143. The minimum absolute atomic E-state index is 0.00694. The van der Waals surface area contributed by atoms with Crippen LogP contribution in [-0.2, 0) is 24.0 Å². The van der Waals surface area contributed by atoms with E-state index in [0.29, 0.717) is 0 Å². The molecule has 0 saturated carbocycles. The SMILES string of the molecule is CC(C)CC(NC(=O)C(CCCN=C(N)N)NC(=O)C(CO)NC(=O)C(N)CC(=O)O)C(=O)O. The molecule has 0 aromatic heterocycles. The van der Waals surface area contributed by atoms with Gasteiger partial charge in [-0.15, -0.1) is 0 Å². The van der Waals surface area contributed by atoms with Gasteiger partial charge in [-0.2, -0.15) is 0 Å².